The zero-order valence-corrected chi connectivity index (χ0v) is 19.2. The maximum atomic E-state index is 13.2. The van der Waals surface area contributed by atoms with Crippen LogP contribution in [-0.2, 0) is 20.9 Å². The number of esters is 1. The third-order valence-electron chi connectivity index (χ3n) is 5.57. The molecule has 1 atom stereocenters. The molecular formula is C25H28N2O6. The number of para-hydroxylation sites is 1. The number of nitro groups is 1. The molecule has 1 aliphatic rings. The minimum atomic E-state index is -0.519. The Bertz CT molecular complexity index is 1090. The number of hydrogen-bond acceptors (Lipinski definition) is 6. The van der Waals surface area contributed by atoms with Crippen LogP contribution >= 0.6 is 0 Å². The topological polar surface area (TPSA) is 99.0 Å². The zero-order chi connectivity index (χ0) is 24.1. The van der Waals surface area contributed by atoms with Gasteiger partial charge in [-0.05, 0) is 24.5 Å². The fraction of sp³-hybridized carbons (Fsp3) is 0.360. The first-order valence-electron chi connectivity index (χ1n) is 10.8. The van der Waals surface area contributed by atoms with Crippen LogP contribution < -0.4 is 4.74 Å². The van der Waals surface area contributed by atoms with E-state index in [9.17, 15) is 19.7 Å². The highest BCUT2D eigenvalue weighted by Crippen LogP contribution is 2.41. The summed E-state index contributed by atoms with van der Waals surface area (Å²) in [4.78, 5) is 38.6. The summed E-state index contributed by atoms with van der Waals surface area (Å²) in [5.74, 6) is -0.436. The normalized spacial score (nSPS) is 16.2. The summed E-state index contributed by atoms with van der Waals surface area (Å²) in [7, 11) is 1.55. The Morgan fingerprint density at radius 3 is 2.61 bits per heavy atom. The van der Waals surface area contributed by atoms with E-state index in [1.807, 2.05) is 32.0 Å². The zero-order valence-electron chi connectivity index (χ0n) is 19.2. The lowest BCUT2D eigenvalue weighted by molar-refractivity contribution is -0.384. The van der Waals surface area contributed by atoms with Crippen molar-refractivity contribution in [1.82, 2.24) is 4.90 Å². The van der Waals surface area contributed by atoms with E-state index in [-0.39, 0.29) is 37.1 Å². The molecule has 8 heteroatoms. The fourth-order valence-electron chi connectivity index (χ4n) is 3.96. The molecule has 0 spiro atoms. The van der Waals surface area contributed by atoms with Crippen molar-refractivity contribution in [3.05, 3.63) is 81.0 Å². The van der Waals surface area contributed by atoms with E-state index in [1.54, 1.807) is 32.2 Å². The Morgan fingerprint density at radius 2 is 1.94 bits per heavy atom. The van der Waals surface area contributed by atoms with Crippen LogP contribution in [0, 0.1) is 16.0 Å². The molecule has 0 saturated carbocycles. The number of amides is 1. The average molecular weight is 453 g/mol. The maximum Gasteiger partial charge on any atom is 0.336 e. The summed E-state index contributed by atoms with van der Waals surface area (Å²) in [6.07, 6.45) is 0.0543. The van der Waals surface area contributed by atoms with E-state index < -0.39 is 16.8 Å². The number of carbonyl (C=O) groups excluding carboxylic acids is 2. The van der Waals surface area contributed by atoms with Crippen molar-refractivity contribution >= 4 is 17.6 Å². The SMILES string of the molecule is COc1ccccc1C1CC(=O)N(Cc2cccc([N+](=O)[O-])c2)C(C)=C1C(=O)OCC(C)C. The predicted molar refractivity (Wildman–Crippen MR) is 122 cm³/mol. The number of nitro benzene ring substituents is 1. The second-order valence-corrected chi connectivity index (χ2v) is 8.40. The van der Waals surface area contributed by atoms with Gasteiger partial charge in [-0.2, -0.15) is 0 Å². The van der Waals surface area contributed by atoms with Gasteiger partial charge < -0.3 is 14.4 Å². The van der Waals surface area contributed by atoms with Gasteiger partial charge in [0, 0.05) is 35.7 Å². The first-order valence-corrected chi connectivity index (χ1v) is 10.8. The van der Waals surface area contributed by atoms with Crippen LogP contribution in [0.2, 0.25) is 0 Å². The van der Waals surface area contributed by atoms with Crippen LogP contribution in [-0.4, -0.2) is 35.4 Å². The Hall–Kier alpha value is -3.68. The summed E-state index contributed by atoms with van der Waals surface area (Å²) < 4.78 is 11.0. The van der Waals surface area contributed by atoms with E-state index in [1.165, 1.54) is 17.0 Å². The van der Waals surface area contributed by atoms with E-state index in [2.05, 4.69) is 0 Å². The molecule has 174 valence electrons. The Labute approximate surface area is 193 Å². The molecule has 1 aliphatic heterocycles. The van der Waals surface area contributed by atoms with Gasteiger partial charge in [-0.1, -0.05) is 44.2 Å². The number of methoxy groups -OCH3 is 1. The lowest BCUT2D eigenvalue weighted by Gasteiger charge is -2.35. The van der Waals surface area contributed by atoms with Crippen LogP contribution in [0.4, 0.5) is 5.69 Å². The van der Waals surface area contributed by atoms with Crippen molar-refractivity contribution < 1.29 is 24.0 Å². The quantitative estimate of drug-likeness (QED) is 0.330. The molecule has 33 heavy (non-hydrogen) atoms. The number of nitrogens with zero attached hydrogens (tertiary/aromatic N) is 2. The van der Waals surface area contributed by atoms with Gasteiger partial charge in [-0.15, -0.1) is 0 Å². The lowest BCUT2D eigenvalue weighted by Crippen LogP contribution is -2.38. The molecule has 8 nitrogen and oxygen atoms in total. The van der Waals surface area contributed by atoms with Gasteiger partial charge in [0.1, 0.15) is 5.75 Å². The summed E-state index contributed by atoms with van der Waals surface area (Å²) in [6.45, 7) is 5.98. The molecule has 0 fully saturated rings. The second-order valence-electron chi connectivity index (χ2n) is 8.40. The van der Waals surface area contributed by atoms with Crippen molar-refractivity contribution in [2.45, 2.75) is 39.7 Å². The number of carbonyl (C=O) groups is 2. The van der Waals surface area contributed by atoms with Gasteiger partial charge in [-0.25, -0.2) is 4.79 Å². The number of allylic oxidation sites excluding steroid dienone is 1. The second kappa shape index (κ2) is 10.3. The van der Waals surface area contributed by atoms with Gasteiger partial charge in [0.2, 0.25) is 5.91 Å². The van der Waals surface area contributed by atoms with Crippen molar-refractivity contribution in [2.75, 3.05) is 13.7 Å². The van der Waals surface area contributed by atoms with Crippen LogP contribution in [0.25, 0.3) is 0 Å². The first-order chi connectivity index (χ1) is 15.7. The Balaban J connectivity index is 2.05. The summed E-state index contributed by atoms with van der Waals surface area (Å²) in [6, 6.07) is 13.4. The van der Waals surface area contributed by atoms with Gasteiger partial charge in [-0.3, -0.25) is 14.9 Å². The summed E-state index contributed by atoms with van der Waals surface area (Å²) >= 11 is 0. The molecular weight excluding hydrogens is 424 g/mol. The first kappa shape index (κ1) is 24.0. The van der Waals surface area contributed by atoms with Crippen LogP contribution in [0.1, 0.15) is 44.2 Å². The standard InChI is InChI=1S/C25H28N2O6/c1-16(2)15-33-25(29)24-17(3)26(14-18-8-7-9-19(12-18)27(30)31)23(28)13-21(24)20-10-5-6-11-22(20)32-4/h5-12,16,21H,13-15H2,1-4H3. The molecule has 0 bridgehead atoms. The third-order valence-corrected chi connectivity index (χ3v) is 5.57. The highest BCUT2D eigenvalue weighted by Gasteiger charge is 2.38. The van der Waals surface area contributed by atoms with E-state index in [4.69, 9.17) is 9.47 Å². The lowest BCUT2D eigenvalue weighted by atomic mass is 9.83. The molecule has 0 radical (unpaired) electrons. The third kappa shape index (κ3) is 5.39. The molecule has 0 aliphatic carbocycles. The fourth-order valence-corrected chi connectivity index (χ4v) is 3.96. The largest absolute Gasteiger partial charge is 0.496 e. The van der Waals surface area contributed by atoms with Crippen LogP contribution in [0.15, 0.2) is 59.8 Å². The molecule has 1 heterocycles. The predicted octanol–water partition coefficient (Wildman–Crippen LogP) is 4.59. The molecule has 2 aromatic rings. The van der Waals surface area contributed by atoms with Gasteiger partial charge in [0.25, 0.3) is 5.69 Å². The maximum absolute atomic E-state index is 13.2. The van der Waals surface area contributed by atoms with Crippen molar-refractivity contribution in [1.29, 1.82) is 0 Å². The number of ether oxygens (including phenoxy) is 2. The van der Waals surface area contributed by atoms with Gasteiger partial charge in [0.15, 0.2) is 0 Å². The smallest absolute Gasteiger partial charge is 0.336 e. The molecule has 2 aromatic carbocycles. The highest BCUT2D eigenvalue weighted by atomic mass is 16.6. The van der Waals surface area contributed by atoms with Crippen LogP contribution in [0.3, 0.4) is 0 Å². The minimum absolute atomic E-state index is 0.0537. The molecule has 0 aromatic heterocycles. The summed E-state index contributed by atoms with van der Waals surface area (Å²) in [5.41, 5.74) is 2.15. The van der Waals surface area contributed by atoms with Crippen molar-refractivity contribution in [3.63, 3.8) is 0 Å². The average Bonchev–Trinajstić information content (AvgIpc) is 2.80. The summed E-state index contributed by atoms with van der Waals surface area (Å²) in [5, 5.41) is 11.1. The number of rotatable bonds is 8. The van der Waals surface area contributed by atoms with Gasteiger partial charge >= 0.3 is 5.97 Å². The van der Waals surface area contributed by atoms with Crippen molar-refractivity contribution in [2.24, 2.45) is 5.92 Å². The Kier molecular flexibility index (Phi) is 7.48. The van der Waals surface area contributed by atoms with Crippen molar-refractivity contribution in [3.8, 4) is 5.75 Å². The molecule has 1 unspecified atom stereocenters. The molecule has 3 rings (SSSR count). The molecule has 1 amide bonds. The number of hydrogen-bond donors (Lipinski definition) is 0. The van der Waals surface area contributed by atoms with Crippen LogP contribution in [0.5, 0.6) is 5.75 Å². The minimum Gasteiger partial charge on any atom is -0.496 e. The van der Waals surface area contributed by atoms with Gasteiger partial charge in [0.05, 0.1) is 30.8 Å². The van der Waals surface area contributed by atoms with E-state index >= 15 is 0 Å². The highest BCUT2D eigenvalue weighted by molar-refractivity contribution is 5.96. The van der Waals surface area contributed by atoms with E-state index in [0.717, 1.165) is 5.56 Å². The monoisotopic (exact) mass is 452 g/mol. The number of benzene rings is 2. The Morgan fingerprint density at radius 1 is 1.21 bits per heavy atom. The van der Waals surface area contributed by atoms with E-state index in [0.29, 0.717) is 22.6 Å². The molecule has 0 N–H and O–H groups in total. The molecule has 0 saturated heterocycles. The number of non-ortho nitro benzene ring substituents is 1.